The van der Waals surface area contributed by atoms with Crippen LogP contribution >= 0.6 is 0 Å². The Hall–Kier alpha value is -0.790. The van der Waals surface area contributed by atoms with Crippen molar-refractivity contribution < 1.29 is 9.90 Å². The lowest BCUT2D eigenvalue weighted by molar-refractivity contribution is -0.143. The SMILES string of the molecule is C=CC(C(C)C(=O)O)C(C)(C)CCC. The van der Waals surface area contributed by atoms with E-state index in [9.17, 15) is 4.79 Å². The van der Waals surface area contributed by atoms with Gasteiger partial charge in [0, 0.05) is 0 Å². The van der Waals surface area contributed by atoms with E-state index in [1.807, 2.05) is 0 Å². The van der Waals surface area contributed by atoms with Gasteiger partial charge < -0.3 is 5.11 Å². The predicted octanol–water partition coefficient (Wildman–Crippen LogP) is 3.34. The van der Waals surface area contributed by atoms with Crippen molar-refractivity contribution in [2.45, 2.75) is 40.5 Å². The van der Waals surface area contributed by atoms with E-state index < -0.39 is 5.97 Å². The number of rotatable bonds is 6. The molecule has 0 aromatic rings. The fraction of sp³-hybridized carbons (Fsp3) is 0.750. The Morgan fingerprint density at radius 2 is 2.07 bits per heavy atom. The normalized spacial score (nSPS) is 16.0. The second-order valence-corrected chi connectivity index (χ2v) is 4.63. The van der Waals surface area contributed by atoms with Crippen molar-refractivity contribution in [3.8, 4) is 0 Å². The molecule has 0 saturated heterocycles. The summed E-state index contributed by atoms with van der Waals surface area (Å²) in [6.45, 7) is 11.9. The summed E-state index contributed by atoms with van der Waals surface area (Å²) in [6.07, 6.45) is 3.89. The third-order valence-corrected chi connectivity index (χ3v) is 2.98. The third-order valence-electron chi connectivity index (χ3n) is 2.98. The van der Waals surface area contributed by atoms with E-state index in [1.54, 1.807) is 13.0 Å². The van der Waals surface area contributed by atoms with Crippen LogP contribution in [0.5, 0.6) is 0 Å². The number of hydrogen-bond donors (Lipinski definition) is 1. The highest BCUT2D eigenvalue weighted by molar-refractivity contribution is 5.70. The summed E-state index contributed by atoms with van der Waals surface area (Å²) in [7, 11) is 0. The number of carboxylic acids is 1. The Kier molecular flexibility index (Phi) is 4.89. The van der Waals surface area contributed by atoms with Crippen LogP contribution in [0.15, 0.2) is 12.7 Å². The van der Waals surface area contributed by atoms with Gasteiger partial charge >= 0.3 is 5.97 Å². The van der Waals surface area contributed by atoms with Gasteiger partial charge in [0.1, 0.15) is 0 Å². The molecule has 0 saturated carbocycles. The van der Waals surface area contributed by atoms with Crippen LogP contribution in [0.25, 0.3) is 0 Å². The number of allylic oxidation sites excluding steroid dienone is 1. The second kappa shape index (κ2) is 5.18. The molecule has 2 heteroatoms. The number of carboxylic acid groups (broad SMARTS) is 1. The van der Waals surface area contributed by atoms with Crippen LogP contribution in [0.1, 0.15) is 40.5 Å². The molecule has 0 aliphatic carbocycles. The first-order chi connectivity index (χ1) is 6.36. The molecule has 1 N–H and O–H groups in total. The minimum Gasteiger partial charge on any atom is -0.481 e. The standard InChI is InChI=1S/C12H22O2/c1-6-8-12(4,5)10(7-2)9(3)11(13)14/h7,9-10H,2,6,8H2,1,3-5H3,(H,13,14). The highest BCUT2D eigenvalue weighted by Gasteiger charge is 2.33. The average Bonchev–Trinajstić information content (AvgIpc) is 2.04. The topological polar surface area (TPSA) is 37.3 Å². The van der Waals surface area contributed by atoms with Gasteiger partial charge in [-0.3, -0.25) is 4.79 Å². The van der Waals surface area contributed by atoms with Crippen molar-refractivity contribution >= 4 is 5.97 Å². The minimum absolute atomic E-state index is 0.0221. The van der Waals surface area contributed by atoms with E-state index in [4.69, 9.17) is 5.11 Å². The second-order valence-electron chi connectivity index (χ2n) is 4.63. The summed E-state index contributed by atoms with van der Waals surface area (Å²) < 4.78 is 0. The molecule has 14 heavy (non-hydrogen) atoms. The number of hydrogen-bond acceptors (Lipinski definition) is 1. The van der Waals surface area contributed by atoms with Gasteiger partial charge in [0.15, 0.2) is 0 Å². The summed E-state index contributed by atoms with van der Waals surface area (Å²) in [5.74, 6) is -1.05. The molecule has 2 nitrogen and oxygen atoms in total. The molecule has 0 aliphatic heterocycles. The van der Waals surface area contributed by atoms with E-state index in [0.717, 1.165) is 12.8 Å². The quantitative estimate of drug-likeness (QED) is 0.665. The summed E-state index contributed by atoms with van der Waals surface area (Å²) in [5.41, 5.74) is 0.0221. The zero-order chi connectivity index (χ0) is 11.4. The fourth-order valence-corrected chi connectivity index (χ4v) is 2.16. The first kappa shape index (κ1) is 13.2. The third kappa shape index (κ3) is 3.17. The number of aliphatic carboxylic acids is 1. The highest BCUT2D eigenvalue weighted by atomic mass is 16.4. The maximum atomic E-state index is 10.9. The smallest absolute Gasteiger partial charge is 0.306 e. The summed E-state index contributed by atoms with van der Waals surface area (Å²) in [5, 5.41) is 8.97. The molecule has 0 heterocycles. The molecular weight excluding hydrogens is 176 g/mol. The van der Waals surface area contributed by atoms with Gasteiger partial charge in [-0.2, -0.15) is 0 Å². The molecule has 0 amide bonds. The Morgan fingerprint density at radius 3 is 2.36 bits per heavy atom. The Bertz CT molecular complexity index is 206. The van der Waals surface area contributed by atoms with E-state index in [1.165, 1.54) is 0 Å². The lowest BCUT2D eigenvalue weighted by Crippen LogP contribution is -2.31. The van der Waals surface area contributed by atoms with Gasteiger partial charge in [-0.25, -0.2) is 0 Å². The zero-order valence-corrected chi connectivity index (χ0v) is 9.71. The molecular formula is C12H22O2. The predicted molar refractivity (Wildman–Crippen MR) is 59.2 cm³/mol. The molecule has 0 aliphatic rings. The molecule has 0 rings (SSSR count). The lowest BCUT2D eigenvalue weighted by Gasteiger charge is -2.34. The van der Waals surface area contributed by atoms with Gasteiger partial charge in [-0.05, 0) is 17.8 Å². The van der Waals surface area contributed by atoms with Crippen LogP contribution < -0.4 is 0 Å². The molecule has 2 unspecified atom stereocenters. The van der Waals surface area contributed by atoms with Gasteiger partial charge in [0.25, 0.3) is 0 Å². The van der Waals surface area contributed by atoms with Crippen molar-refractivity contribution in [1.29, 1.82) is 0 Å². The van der Waals surface area contributed by atoms with Crippen molar-refractivity contribution in [3.63, 3.8) is 0 Å². The molecule has 0 spiro atoms. The maximum Gasteiger partial charge on any atom is 0.306 e. The van der Waals surface area contributed by atoms with Crippen molar-refractivity contribution in [2.75, 3.05) is 0 Å². The monoisotopic (exact) mass is 198 g/mol. The summed E-state index contributed by atoms with van der Waals surface area (Å²) in [6, 6.07) is 0. The van der Waals surface area contributed by atoms with Crippen LogP contribution in [0.3, 0.4) is 0 Å². The van der Waals surface area contributed by atoms with Gasteiger partial charge in [0.05, 0.1) is 5.92 Å². The number of carbonyl (C=O) groups is 1. The van der Waals surface area contributed by atoms with Gasteiger partial charge in [0.2, 0.25) is 0 Å². The van der Waals surface area contributed by atoms with Crippen LogP contribution in [0.2, 0.25) is 0 Å². The molecule has 2 atom stereocenters. The van der Waals surface area contributed by atoms with Crippen LogP contribution in [-0.2, 0) is 4.79 Å². The maximum absolute atomic E-state index is 10.9. The highest BCUT2D eigenvalue weighted by Crippen LogP contribution is 2.37. The van der Waals surface area contributed by atoms with Crippen molar-refractivity contribution in [3.05, 3.63) is 12.7 Å². The summed E-state index contributed by atoms with van der Waals surface area (Å²) in [4.78, 5) is 10.9. The Labute approximate surface area is 87.0 Å². The van der Waals surface area contributed by atoms with Crippen molar-refractivity contribution in [1.82, 2.24) is 0 Å². The molecule has 0 aromatic carbocycles. The average molecular weight is 198 g/mol. The molecule has 0 bridgehead atoms. The lowest BCUT2D eigenvalue weighted by atomic mass is 9.70. The van der Waals surface area contributed by atoms with Gasteiger partial charge in [-0.1, -0.05) is 40.2 Å². The molecule has 0 aromatic heterocycles. The van der Waals surface area contributed by atoms with Crippen LogP contribution in [-0.4, -0.2) is 11.1 Å². The van der Waals surface area contributed by atoms with E-state index >= 15 is 0 Å². The van der Waals surface area contributed by atoms with Gasteiger partial charge in [-0.15, -0.1) is 6.58 Å². The van der Waals surface area contributed by atoms with E-state index in [2.05, 4.69) is 27.4 Å². The largest absolute Gasteiger partial charge is 0.481 e. The van der Waals surface area contributed by atoms with Crippen LogP contribution in [0, 0.1) is 17.3 Å². The fourth-order valence-electron chi connectivity index (χ4n) is 2.16. The molecule has 0 fully saturated rings. The van der Waals surface area contributed by atoms with E-state index in [0.29, 0.717) is 0 Å². The first-order valence-corrected chi connectivity index (χ1v) is 5.22. The summed E-state index contributed by atoms with van der Waals surface area (Å²) >= 11 is 0. The first-order valence-electron chi connectivity index (χ1n) is 5.22. The zero-order valence-electron chi connectivity index (χ0n) is 9.71. The Morgan fingerprint density at radius 1 is 1.57 bits per heavy atom. The van der Waals surface area contributed by atoms with E-state index in [-0.39, 0.29) is 17.3 Å². The molecule has 82 valence electrons. The van der Waals surface area contributed by atoms with Crippen LogP contribution in [0.4, 0.5) is 0 Å². The van der Waals surface area contributed by atoms with Crippen molar-refractivity contribution in [2.24, 2.45) is 17.3 Å². The molecule has 0 radical (unpaired) electrons. The Balaban J connectivity index is 4.69. The minimum atomic E-state index is -0.737.